The topological polar surface area (TPSA) is 104 Å². The van der Waals surface area contributed by atoms with Crippen molar-refractivity contribution < 1.29 is 24.6 Å². The number of aliphatic hydroxyl groups excluding tert-OH is 2. The molecule has 1 amide bonds. The number of nitrogens with one attached hydrogen (secondary N) is 1. The number of allylic oxidation sites excluding steroid dienone is 4. The second-order valence-corrected chi connectivity index (χ2v) is 9.94. The fourth-order valence-corrected chi connectivity index (χ4v) is 5.77. The molecule has 0 bridgehead atoms. The summed E-state index contributed by atoms with van der Waals surface area (Å²) in [7, 11) is 0. The Morgan fingerprint density at radius 3 is 2.43 bits per heavy atom. The summed E-state index contributed by atoms with van der Waals surface area (Å²) in [6.45, 7) is 10.2. The van der Waals surface area contributed by atoms with Crippen molar-refractivity contribution in [3.05, 3.63) is 23.3 Å². The molecular formula is C24H35NO5. The number of hydrogen-bond donors (Lipinski definition) is 3. The van der Waals surface area contributed by atoms with Gasteiger partial charge in [-0.05, 0) is 44.9 Å². The summed E-state index contributed by atoms with van der Waals surface area (Å²) in [6.07, 6.45) is 2.04. The molecular weight excluding hydrogens is 382 g/mol. The van der Waals surface area contributed by atoms with Gasteiger partial charge in [-0.25, -0.2) is 0 Å². The predicted octanol–water partition coefficient (Wildman–Crippen LogP) is 2.34. The van der Waals surface area contributed by atoms with E-state index in [1.807, 2.05) is 26.0 Å². The van der Waals surface area contributed by atoms with Crippen LogP contribution in [0.3, 0.4) is 0 Å². The largest absolute Gasteiger partial charge is 0.385 e. The Morgan fingerprint density at radius 2 is 1.80 bits per heavy atom. The van der Waals surface area contributed by atoms with E-state index in [-0.39, 0.29) is 30.2 Å². The van der Waals surface area contributed by atoms with Gasteiger partial charge in [-0.3, -0.25) is 14.4 Å². The second kappa shape index (κ2) is 8.39. The highest BCUT2D eigenvalue weighted by molar-refractivity contribution is 6.10. The van der Waals surface area contributed by atoms with E-state index in [9.17, 15) is 24.6 Å². The summed E-state index contributed by atoms with van der Waals surface area (Å²) in [5.74, 6) is -1.75. The van der Waals surface area contributed by atoms with Crippen LogP contribution < -0.4 is 5.32 Å². The molecule has 2 aliphatic carbocycles. The molecule has 1 saturated heterocycles. The molecule has 0 radical (unpaired) electrons. The highest BCUT2D eigenvalue weighted by Gasteiger charge is 2.65. The summed E-state index contributed by atoms with van der Waals surface area (Å²) in [4.78, 5) is 39.7. The van der Waals surface area contributed by atoms with Crippen LogP contribution >= 0.6 is 0 Å². The van der Waals surface area contributed by atoms with Gasteiger partial charge in [-0.1, -0.05) is 44.1 Å². The molecule has 166 valence electrons. The van der Waals surface area contributed by atoms with Gasteiger partial charge in [0.2, 0.25) is 5.91 Å². The molecule has 1 heterocycles. The minimum atomic E-state index is -1.60. The number of ketones is 2. The van der Waals surface area contributed by atoms with E-state index in [2.05, 4.69) is 26.1 Å². The lowest BCUT2D eigenvalue weighted by Gasteiger charge is -2.45. The molecule has 3 aliphatic rings. The molecule has 3 N–H and O–H groups in total. The molecule has 7 atom stereocenters. The SMILES string of the molecule is CC1=C[C@H]2C=C(C)[C@@H](C)[C@H]3[C@H](CC(C)C)NC(=O)[C@@]23C(=O)CC(O)C(=O)C(O)CC1. The number of amides is 1. The average molecular weight is 418 g/mol. The van der Waals surface area contributed by atoms with Crippen molar-refractivity contribution in [2.45, 2.75) is 78.6 Å². The standard InChI is InChI=1S/C24H35NO5/c1-12(2)8-17-21-15(5)14(4)10-16-9-13(3)6-7-18(26)22(29)19(27)11-20(28)24(16,21)23(30)25-17/h9-10,12,15-19,21,26-27H,6-8,11H2,1-5H3,(H,25,30)/t15-,16+,17+,18?,19?,21+,24-/m1/s1. The molecule has 2 unspecified atom stereocenters. The lowest BCUT2D eigenvalue weighted by atomic mass is 9.54. The second-order valence-electron chi connectivity index (χ2n) is 9.94. The third-order valence-electron chi connectivity index (χ3n) is 7.38. The van der Waals surface area contributed by atoms with Gasteiger partial charge < -0.3 is 15.5 Å². The average Bonchev–Trinajstić information content (AvgIpc) is 2.94. The van der Waals surface area contributed by atoms with E-state index < -0.39 is 41.5 Å². The van der Waals surface area contributed by atoms with Crippen LogP contribution in [0.25, 0.3) is 0 Å². The van der Waals surface area contributed by atoms with Gasteiger partial charge in [0.05, 0.1) is 0 Å². The van der Waals surface area contributed by atoms with E-state index in [4.69, 9.17) is 0 Å². The first-order valence-electron chi connectivity index (χ1n) is 11.1. The third kappa shape index (κ3) is 3.69. The van der Waals surface area contributed by atoms with Gasteiger partial charge in [-0.2, -0.15) is 0 Å². The Kier molecular flexibility index (Phi) is 6.40. The van der Waals surface area contributed by atoms with Crippen molar-refractivity contribution in [2.75, 3.05) is 0 Å². The lowest BCUT2D eigenvalue weighted by Crippen LogP contribution is -2.53. The minimum Gasteiger partial charge on any atom is -0.385 e. The molecule has 0 aromatic rings. The van der Waals surface area contributed by atoms with E-state index in [1.54, 1.807) is 0 Å². The fourth-order valence-electron chi connectivity index (χ4n) is 5.77. The van der Waals surface area contributed by atoms with Crippen LogP contribution in [0.2, 0.25) is 0 Å². The minimum absolute atomic E-state index is 0.0187. The zero-order valence-corrected chi connectivity index (χ0v) is 18.6. The van der Waals surface area contributed by atoms with Crippen molar-refractivity contribution in [1.82, 2.24) is 5.32 Å². The Bertz CT molecular complexity index is 797. The van der Waals surface area contributed by atoms with E-state index in [0.29, 0.717) is 12.3 Å². The fraction of sp³-hybridized carbons (Fsp3) is 0.708. The van der Waals surface area contributed by atoms with Gasteiger partial charge in [-0.15, -0.1) is 0 Å². The normalized spacial score (nSPS) is 40.2. The lowest BCUT2D eigenvalue weighted by molar-refractivity contribution is -0.149. The van der Waals surface area contributed by atoms with E-state index >= 15 is 0 Å². The van der Waals surface area contributed by atoms with Crippen LogP contribution in [0.5, 0.6) is 0 Å². The van der Waals surface area contributed by atoms with Crippen LogP contribution in [0.1, 0.15) is 60.3 Å². The highest BCUT2D eigenvalue weighted by atomic mass is 16.3. The summed E-state index contributed by atoms with van der Waals surface area (Å²) in [5, 5.41) is 23.7. The van der Waals surface area contributed by atoms with Crippen molar-refractivity contribution >= 4 is 17.5 Å². The number of rotatable bonds is 2. The Labute approximate surface area is 178 Å². The maximum Gasteiger partial charge on any atom is 0.235 e. The van der Waals surface area contributed by atoms with Crippen molar-refractivity contribution in [3.8, 4) is 0 Å². The molecule has 1 fully saturated rings. The van der Waals surface area contributed by atoms with E-state index in [1.165, 1.54) is 0 Å². The van der Waals surface area contributed by atoms with Crippen LogP contribution in [-0.4, -0.2) is 45.9 Å². The van der Waals surface area contributed by atoms with Crippen molar-refractivity contribution in [1.29, 1.82) is 0 Å². The smallest absolute Gasteiger partial charge is 0.235 e. The van der Waals surface area contributed by atoms with Crippen LogP contribution in [-0.2, 0) is 14.4 Å². The Morgan fingerprint density at radius 1 is 1.13 bits per heavy atom. The van der Waals surface area contributed by atoms with Gasteiger partial charge in [0.15, 0.2) is 11.6 Å². The summed E-state index contributed by atoms with van der Waals surface area (Å²) >= 11 is 0. The molecule has 0 saturated carbocycles. The maximum absolute atomic E-state index is 13.7. The number of carbonyl (C=O) groups is 3. The van der Waals surface area contributed by atoms with Gasteiger partial charge >= 0.3 is 0 Å². The van der Waals surface area contributed by atoms with Crippen molar-refractivity contribution in [2.24, 2.45) is 29.1 Å². The number of aliphatic hydroxyl groups is 2. The van der Waals surface area contributed by atoms with Gasteiger partial charge in [0, 0.05) is 24.3 Å². The quantitative estimate of drug-likeness (QED) is 0.473. The zero-order valence-electron chi connectivity index (χ0n) is 18.6. The molecule has 3 rings (SSSR count). The third-order valence-corrected chi connectivity index (χ3v) is 7.38. The highest BCUT2D eigenvalue weighted by Crippen LogP contribution is 2.55. The molecule has 30 heavy (non-hydrogen) atoms. The maximum atomic E-state index is 13.7. The molecule has 1 aliphatic heterocycles. The van der Waals surface area contributed by atoms with Crippen LogP contribution in [0.15, 0.2) is 23.3 Å². The first kappa shape index (κ1) is 22.9. The number of Topliss-reactive ketones (excluding diaryl/α,β-unsaturated/α-hetero) is 2. The van der Waals surface area contributed by atoms with Gasteiger partial charge in [0.25, 0.3) is 0 Å². The molecule has 6 nitrogen and oxygen atoms in total. The molecule has 0 aromatic carbocycles. The monoisotopic (exact) mass is 417 g/mol. The molecule has 6 heteroatoms. The Hall–Kier alpha value is -1.79. The van der Waals surface area contributed by atoms with Crippen LogP contribution in [0, 0.1) is 29.1 Å². The Balaban J connectivity index is 2.19. The molecule has 0 aromatic heterocycles. The first-order chi connectivity index (χ1) is 14.0. The molecule has 1 spiro atoms. The summed E-state index contributed by atoms with van der Waals surface area (Å²) in [6, 6.07) is -0.139. The number of hydrogen-bond acceptors (Lipinski definition) is 5. The predicted molar refractivity (Wildman–Crippen MR) is 113 cm³/mol. The van der Waals surface area contributed by atoms with E-state index in [0.717, 1.165) is 17.6 Å². The summed E-state index contributed by atoms with van der Waals surface area (Å²) < 4.78 is 0. The first-order valence-corrected chi connectivity index (χ1v) is 11.1. The zero-order chi connectivity index (χ0) is 22.4. The van der Waals surface area contributed by atoms with Crippen molar-refractivity contribution in [3.63, 3.8) is 0 Å². The summed E-state index contributed by atoms with van der Waals surface area (Å²) in [5.41, 5.74) is 0.734. The number of carbonyl (C=O) groups excluding carboxylic acids is 3. The van der Waals surface area contributed by atoms with Crippen LogP contribution in [0.4, 0.5) is 0 Å². The van der Waals surface area contributed by atoms with Gasteiger partial charge in [0.1, 0.15) is 17.6 Å².